The molecule has 0 saturated heterocycles. The number of nitrogens with zero attached hydrogens (tertiary/aromatic N) is 1. The monoisotopic (exact) mass is 1000 g/mol. The Morgan fingerprint density at radius 2 is 0.859 bits per heavy atom. The summed E-state index contributed by atoms with van der Waals surface area (Å²) in [6, 6.07) is 8.12. The number of rotatable bonds is 20. The first-order chi connectivity index (χ1) is 33.6. The Labute approximate surface area is 421 Å². The first-order valence-corrected chi connectivity index (χ1v) is 22.8. The van der Waals surface area contributed by atoms with Crippen LogP contribution in [0.5, 0.6) is 51.7 Å². The van der Waals surface area contributed by atoms with Crippen molar-refractivity contribution in [3.8, 4) is 57.8 Å². The molecule has 0 bridgehead atoms. The largest absolute Gasteiger partial charge is 0.493 e. The van der Waals surface area contributed by atoms with Crippen LogP contribution in [-0.4, -0.2) is 124 Å². The average molecular weight is 1000 g/mol. The molecule has 0 aromatic heterocycles. The van der Waals surface area contributed by atoms with Crippen LogP contribution in [0.4, 0.5) is 0 Å². The summed E-state index contributed by atoms with van der Waals surface area (Å²) in [5.41, 5.74) is 5.98. The number of aliphatic hydroxyl groups is 1. The minimum absolute atomic E-state index is 0. The fourth-order valence-corrected chi connectivity index (χ4v) is 9.24. The second-order valence-electron chi connectivity index (χ2n) is 16.4. The number of hydrogen-bond donors (Lipinski definition) is 1. The van der Waals surface area contributed by atoms with Gasteiger partial charge in [-0.05, 0) is 98.6 Å². The molecule has 3 unspecified atom stereocenters. The van der Waals surface area contributed by atoms with Crippen LogP contribution in [-0.2, 0) is 52.5 Å². The van der Waals surface area contributed by atoms with E-state index >= 15 is 0 Å². The van der Waals surface area contributed by atoms with E-state index in [4.69, 9.17) is 71.1 Å². The Morgan fingerprint density at radius 3 is 1.18 bits per heavy atom. The highest BCUT2D eigenvalue weighted by atomic mass is 16.7. The Kier molecular flexibility index (Phi) is 27.8. The predicted octanol–water partition coefficient (Wildman–Crippen LogP) is 8.97. The third kappa shape index (κ3) is 15.1. The van der Waals surface area contributed by atoms with Gasteiger partial charge in [0.05, 0.1) is 88.4 Å². The van der Waals surface area contributed by atoms with E-state index in [1.54, 1.807) is 85.3 Å². The summed E-state index contributed by atoms with van der Waals surface area (Å²) in [5.74, 6) is 5.47. The summed E-state index contributed by atoms with van der Waals surface area (Å²) in [7, 11) is 19.1. The van der Waals surface area contributed by atoms with Gasteiger partial charge in [-0.1, -0.05) is 14.9 Å². The number of carbonyl (C=O) groups excluding carboxylic acids is 1. The minimum Gasteiger partial charge on any atom is -0.493 e. The molecule has 0 spiro atoms. The molecule has 18 nitrogen and oxygen atoms in total. The highest BCUT2D eigenvalue weighted by Crippen LogP contribution is 2.50. The molecule has 6 atom stereocenters. The molecule has 0 radical (unpaired) electrons. The van der Waals surface area contributed by atoms with E-state index in [0.29, 0.717) is 64.6 Å². The van der Waals surface area contributed by atoms with E-state index in [0.717, 1.165) is 84.6 Å². The van der Waals surface area contributed by atoms with E-state index < -0.39 is 0 Å². The van der Waals surface area contributed by atoms with Crippen molar-refractivity contribution in [2.45, 2.75) is 91.0 Å². The van der Waals surface area contributed by atoms with Crippen LogP contribution >= 0.6 is 0 Å². The summed E-state index contributed by atoms with van der Waals surface area (Å²) >= 11 is 0. The molecule has 0 saturated carbocycles. The molecule has 0 aliphatic heterocycles. The third-order valence-corrected chi connectivity index (χ3v) is 12.6. The summed E-state index contributed by atoms with van der Waals surface area (Å²) < 4.78 is 82.0. The maximum Gasteiger partial charge on any atom is 0.203 e. The van der Waals surface area contributed by atoms with Crippen LogP contribution < -0.4 is 42.6 Å². The van der Waals surface area contributed by atoms with Crippen LogP contribution in [0.25, 0.3) is 0 Å². The molecule has 3 aliphatic rings. The maximum absolute atomic E-state index is 11.3. The van der Waals surface area contributed by atoms with Gasteiger partial charge in [-0.3, -0.25) is 0 Å². The van der Waals surface area contributed by atoms with E-state index in [1.807, 2.05) is 18.2 Å². The SMILES string of the molecule is C.C.COCOC1C[C@H](C#N)CCc2c1cc(OC)c(OC)c2OC.COCOC1C[C@H](C=O)CCc2c1cc(OC)c(OC)c2OC.COCOC1C[C@H](CO)CCc2c1cc(OC)c(OC)c2OC. The number of aldehydes is 1. The van der Waals surface area contributed by atoms with Crippen LogP contribution in [0.15, 0.2) is 18.2 Å². The first-order valence-electron chi connectivity index (χ1n) is 22.8. The Morgan fingerprint density at radius 1 is 0.507 bits per heavy atom. The zero-order chi connectivity index (χ0) is 50.5. The Bertz CT molecular complexity index is 2110. The highest BCUT2D eigenvalue weighted by molar-refractivity contribution is 5.63. The van der Waals surface area contributed by atoms with E-state index in [-0.39, 0.29) is 77.9 Å². The molecule has 1 N–H and O–H groups in total. The van der Waals surface area contributed by atoms with Crippen molar-refractivity contribution in [1.29, 1.82) is 5.26 Å². The molecule has 6 rings (SSSR count). The van der Waals surface area contributed by atoms with Crippen molar-refractivity contribution >= 4 is 6.29 Å². The lowest BCUT2D eigenvalue weighted by Gasteiger charge is -2.23. The summed E-state index contributed by atoms with van der Waals surface area (Å²) in [6.07, 6.45) is 6.86. The van der Waals surface area contributed by atoms with Crippen molar-refractivity contribution in [3.05, 3.63) is 51.6 Å². The summed E-state index contributed by atoms with van der Waals surface area (Å²) in [5, 5.41) is 18.9. The quantitative estimate of drug-likeness (QED) is 0.0638. The smallest absolute Gasteiger partial charge is 0.203 e. The van der Waals surface area contributed by atoms with Crippen LogP contribution in [0.2, 0.25) is 0 Å². The average Bonchev–Trinajstić information content (AvgIpc) is 3.78. The number of carbonyl (C=O) groups is 1. The molecule has 0 fully saturated rings. The van der Waals surface area contributed by atoms with Crippen molar-refractivity contribution in [3.63, 3.8) is 0 Å². The normalized spacial score (nSPS) is 19.8. The molecular formula is C53H81NO17. The molecule has 3 aromatic carbocycles. The Balaban J connectivity index is 0.000000360. The first kappa shape index (κ1) is 61.9. The number of aliphatic hydroxyl groups excluding tert-OH is 1. The maximum atomic E-state index is 11.3. The van der Waals surface area contributed by atoms with Gasteiger partial charge in [0.2, 0.25) is 17.2 Å². The lowest BCUT2D eigenvalue weighted by molar-refractivity contribution is -0.114. The zero-order valence-corrected chi connectivity index (χ0v) is 42.4. The number of fused-ring (bicyclic) bond motifs is 3. The molecule has 71 heavy (non-hydrogen) atoms. The highest BCUT2D eigenvalue weighted by Gasteiger charge is 2.34. The number of benzene rings is 3. The minimum atomic E-state index is -0.253. The van der Waals surface area contributed by atoms with Gasteiger partial charge in [0.15, 0.2) is 34.5 Å². The topological polar surface area (TPSA) is 200 Å². The van der Waals surface area contributed by atoms with Crippen molar-refractivity contribution in [2.24, 2.45) is 17.8 Å². The number of methoxy groups -OCH3 is 12. The Hall–Kier alpha value is -5.26. The number of hydrogen-bond acceptors (Lipinski definition) is 18. The molecule has 0 heterocycles. The van der Waals surface area contributed by atoms with Gasteiger partial charge in [-0.15, -0.1) is 0 Å². The van der Waals surface area contributed by atoms with Crippen LogP contribution in [0, 0.1) is 29.1 Å². The van der Waals surface area contributed by atoms with Gasteiger partial charge in [0.1, 0.15) is 26.7 Å². The number of ether oxygens (including phenoxy) is 15. The predicted molar refractivity (Wildman–Crippen MR) is 267 cm³/mol. The van der Waals surface area contributed by atoms with Crippen molar-refractivity contribution < 1.29 is 81.0 Å². The summed E-state index contributed by atoms with van der Waals surface area (Å²) in [4.78, 5) is 11.3. The molecule has 0 amide bonds. The molecule has 18 heteroatoms. The molecular weight excluding hydrogens is 923 g/mol. The lowest BCUT2D eigenvalue weighted by Crippen LogP contribution is -2.13. The zero-order valence-electron chi connectivity index (χ0n) is 42.4. The number of nitriles is 1. The van der Waals surface area contributed by atoms with Crippen LogP contribution in [0.3, 0.4) is 0 Å². The van der Waals surface area contributed by atoms with Gasteiger partial charge in [0, 0.05) is 56.5 Å². The fraction of sp³-hybridized carbons (Fsp3) is 0.623. The van der Waals surface area contributed by atoms with Gasteiger partial charge >= 0.3 is 0 Å². The van der Waals surface area contributed by atoms with Crippen LogP contribution in [0.1, 0.15) is 105 Å². The molecule has 400 valence electrons. The van der Waals surface area contributed by atoms with Gasteiger partial charge in [-0.25, -0.2) is 0 Å². The van der Waals surface area contributed by atoms with Gasteiger partial charge < -0.3 is 81.0 Å². The van der Waals surface area contributed by atoms with Crippen molar-refractivity contribution in [1.82, 2.24) is 0 Å². The third-order valence-electron chi connectivity index (χ3n) is 12.6. The second-order valence-corrected chi connectivity index (χ2v) is 16.4. The van der Waals surface area contributed by atoms with E-state index in [9.17, 15) is 15.2 Å². The van der Waals surface area contributed by atoms with Gasteiger partial charge in [0.25, 0.3) is 0 Å². The fourth-order valence-electron chi connectivity index (χ4n) is 9.24. The van der Waals surface area contributed by atoms with Gasteiger partial charge in [-0.2, -0.15) is 5.26 Å². The lowest BCUT2D eigenvalue weighted by atomic mass is 9.97. The molecule has 3 aromatic rings. The standard InChI is InChI=1S/C17H23NO5.C17H26O6.C17H24O6.2CH4/c3*1-19-10-23-14-7-11(9-18)5-6-12-13(14)8-15(20-2)17(22-4)16(12)21-3;;/h8,11,14H,5-7,10H2,1-4H3;8,11,14,18H,5-7,9-10H2,1-4H3;8-9,11,14H,5-7,10H2,1-4H3;2*1H4/t3*11-,14?;;/m111../s1. The van der Waals surface area contributed by atoms with E-state index in [2.05, 4.69) is 6.07 Å². The van der Waals surface area contributed by atoms with Crippen molar-refractivity contribution in [2.75, 3.05) is 112 Å². The molecule has 3 aliphatic carbocycles. The summed E-state index contributed by atoms with van der Waals surface area (Å²) in [6.45, 7) is 0.654. The van der Waals surface area contributed by atoms with E-state index in [1.165, 1.54) is 0 Å². The second kappa shape index (κ2) is 31.9.